The Morgan fingerprint density at radius 2 is 2.00 bits per heavy atom. The topological polar surface area (TPSA) is 0 Å². The van der Waals surface area contributed by atoms with Crippen molar-refractivity contribution >= 4 is 15.9 Å². The summed E-state index contributed by atoms with van der Waals surface area (Å²) in [5.74, 6) is 0. The smallest absolute Gasteiger partial charge is 0.0210 e. The fourth-order valence-corrected chi connectivity index (χ4v) is 1.22. The molecule has 0 heterocycles. The number of hydrogen-bond donors (Lipinski definition) is 0. The number of hydrogen-bond acceptors (Lipinski definition) is 0. The highest BCUT2D eigenvalue weighted by molar-refractivity contribution is 9.10. The van der Waals surface area contributed by atoms with E-state index in [1.807, 2.05) is 25.1 Å². The Kier molecular flexibility index (Phi) is 2.29. The first-order chi connectivity index (χ1) is 4.34. The molecule has 0 aliphatic heterocycles. The molecule has 0 saturated carbocycles. The Morgan fingerprint density at radius 3 is 2.44 bits per heavy atom. The van der Waals surface area contributed by atoms with Gasteiger partial charge >= 0.3 is 0 Å². The average Bonchev–Trinajstić information content (AvgIpc) is 1.89. The summed E-state index contributed by atoms with van der Waals surface area (Å²) in [5, 5.41) is 0. The molecule has 47 valence electrons. The monoisotopic (exact) mass is 183 g/mol. The first kappa shape index (κ1) is 6.81. The van der Waals surface area contributed by atoms with Gasteiger partial charge in [0, 0.05) is 4.47 Å². The van der Waals surface area contributed by atoms with E-state index in [1.165, 1.54) is 5.56 Å². The van der Waals surface area contributed by atoms with Gasteiger partial charge in [0.25, 0.3) is 0 Å². The Labute approximate surface area is 64.0 Å². The number of rotatable bonds is 1. The van der Waals surface area contributed by atoms with Crippen LogP contribution in [0.2, 0.25) is 0 Å². The molecule has 0 N–H and O–H groups in total. The van der Waals surface area contributed by atoms with E-state index in [9.17, 15) is 0 Å². The third kappa shape index (κ3) is 1.55. The van der Waals surface area contributed by atoms with Crippen LogP contribution in [0.4, 0.5) is 0 Å². The SMILES string of the molecule is C[CH]c1ccccc1Br. The van der Waals surface area contributed by atoms with E-state index in [-0.39, 0.29) is 0 Å². The second-order valence-electron chi connectivity index (χ2n) is 1.81. The van der Waals surface area contributed by atoms with Crippen molar-refractivity contribution in [3.8, 4) is 0 Å². The molecule has 0 aliphatic carbocycles. The molecule has 0 spiro atoms. The van der Waals surface area contributed by atoms with Crippen molar-refractivity contribution in [3.05, 3.63) is 40.7 Å². The predicted octanol–water partition coefficient (Wildman–Crippen LogP) is 3.02. The summed E-state index contributed by atoms with van der Waals surface area (Å²) in [6, 6.07) is 8.15. The third-order valence-corrected chi connectivity index (χ3v) is 1.94. The molecule has 9 heavy (non-hydrogen) atoms. The van der Waals surface area contributed by atoms with E-state index < -0.39 is 0 Å². The molecule has 0 nitrogen and oxygen atoms in total. The molecule has 0 atom stereocenters. The van der Waals surface area contributed by atoms with Gasteiger partial charge in [-0.05, 0) is 18.1 Å². The van der Waals surface area contributed by atoms with E-state index in [0.717, 1.165) is 4.47 Å². The molecule has 1 heteroatoms. The lowest BCUT2D eigenvalue weighted by atomic mass is 10.2. The maximum atomic E-state index is 3.43. The van der Waals surface area contributed by atoms with Crippen molar-refractivity contribution in [1.82, 2.24) is 0 Å². The molecule has 0 saturated heterocycles. The van der Waals surface area contributed by atoms with Crippen molar-refractivity contribution in [3.63, 3.8) is 0 Å². The molecular weight excluding hydrogens is 176 g/mol. The molecule has 0 aliphatic rings. The molecule has 0 fully saturated rings. The van der Waals surface area contributed by atoms with Gasteiger partial charge in [0.2, 0.25) is 0 Å². The predicted molar refractivity (Wildman–Crippen MR) is 43.2 cm³/mol. The van der Waals surface area contributed by atoms with Gasteiger partial charge in [-0.25, -0.2) is 0 Å². The van der Waals surface area contributed by atoms with Crippen LogP contribution in [-0.4, -0.2) is 0 Å². The molecule has 1 radical (unpaired) electrons. The summed E-state index contributed by atoms with van der Waals surface area (Å²) in [6.07, 6.45) is 2.07. The fraction of sp³-hybridized carbons (Fsp3) is 0.125. The van der Waals surface area contributed by atoms with Crippen LogP contribution in [0.5, 0.6) is 0 Å². The van der Waals surface area contributed by atoms with Crippen molar-refractivity contribution < 1.29 is 0 Å². The summed E-state index contributed by atoms with van der Waals surface area (Å²) in [5.41, 5.74) is 1.25. The average molecular weight is 184 g/mol. The van der Waals surface area contributed by atoms with Crippen LogP contribution in [0.15, 0.2) is 28.7 Å². The zero-order valence-electron chi connectivity index (χ0n) is 5.26. The first-order valence-electron chi connectivity index (χ1n) is 2.88. The van der Waals surface area contributed by atoms with Crippen LogP contribution in [0, 0.1) is 6.42 Å². The minimum absolute atomic E-state index is 1.16. The van der Waals surface area contributed by atoms with Crippen LogP contribution in [0.25, 0.3) is 0 Å². The lowest BCUT2D eigenvalue weighted by Gasteiger charge is -1.96. The molecule has 0 unspecified atom stereocenters. The Balaban J connectivity index is 3.01. The van der Waals surface area contributed by atoms with Gasteiger partial charge in [0.1, 0.15) is 0 Å². The molecule has 1 aromatic rings. The van der Waals surface area contributed by atoms with Crippen molar-refractivity contribution in [2.24, 2.45) is 0 Å². The van der Waals surface area contributed by atoms with Crippen LogP contribution >= 0.6 is 15.9 Å². The van der Waals surface area contributed by atoms with E-state index in [1.54, 1.807) is 0 Å². The second kappa shape index (κ2) is 3.02. The van der Waals surface area contributed by atoms with Gasteiger partial charge in [-0.1, -0.05) is 41.1 Å². The zero-order chi connectivity index (χ0) is 6.69. The Hall–Kier alpha value is -0.300. The highest BCUT2D eigenvalue weighted by Crippen LogP contribution is 2.16. The minimum atomic E-state index is 1.16. The fourth-order valence-electron chi connectivity index (χ4n) is 0.709. The van der Waals surface area contributed by atoms with Crippen LogP contribution in [0.3, 0.4) is 0 Å². The van der Waals surface area contributed by atoms with E-state index in [4.69, 9.17) is 0 Å². The van der Waals surface area contributed by atoms with E-state index in [2.05, 4.69) is 28.4 Å². The van der Waals surface area contributed by atoms with Gasteiger partial charge in [0.05, 0.1) is 0 Å². The van der Waals surface area contributed by atoms with Crippen LogP contribution in [-0.2, 0) is 0 Å². The molecule has 0 amide bonds. The highest BCUT2D eigenvalue weighted by Gasteiger charge is 1.91. The van der Waals surface area contributed by atoms with E-state index >= 15 is 0 Å². The molecule has 0 aromatic heterocycles. The lowest BCUT2D eigenvalue weighted by molar-refractivity contribution is 1.40. The third-order valence-electron chi connectivity index (χ3n) is 1.22. The molecule has 1 rings (SSSR count). The van der Waals surface area contributed by atoms with Crippen LogP contribution in [0.1, 0.15) is 12.5 Å². The summed E-state index contributed by atoms with van der Waals surface area (Å²) < 4.78 is 1.16. The lowest BCUT2D eigenvalue weighted by Crippen LogP contribution is -1.76. The van der Waals surface area contributed by atoms with Crippen molar-refractivity contribution in [2.45, 2.75) is 6.92 Å². The van der Waals surface area contributed by atoms with Crippen molar-refractivity contribution in [1.29, 1.82) is 0 Å². The summed E-state index contributed by atoms with van der Waals surface area (Å²) >= 11 is 3.43. The molecular formula is C8H8Br. The van der Waals surface area contributed by atoms with Gasteiger partial charge in [-0.15, -0.1) is 0 Å². The minimum Gasteiger partial charge on any atom is -0.0619 e. The highest BCUT2D eigenvalue weighted by atomic mass is 79.9. The Bertz CT molecular complexity index is 194. The summed E-state index contributed by atoms with van der Waals surface area (Å²) in [4.78, 5) is 0. The molecule has 1 aromatic carbocycles. The second-order valence-corrected chi connectivity index (χ2v) is 2.66. The summed E-state index contributed by atoms with van der Waals surface area (Å²) in [6.45, 7) is 2.03. The largest absolute Gasteiger partial charge is 0.0619 e. The van der Waals surface area contributed by atoms with Gasteiger partial charge < -0.3 is 0 Å². The first-order valence-corrected chi connectivity index (χ1v) is 3.68. The Morgan fingerprint density at radius 1 is 1.33 bits per heavy atom. The van der Waals surface area contributed by atoms with Gasteiger partial charge in [-0.3, -0.25) is 0 Å². The summed E-state index contributed by atoms with van der Waals surface area (Å²) in [7, 11) is 0. The maximum absolute atomic E-state index is 3.43. The van der Waals surface area contributed by atoms with Gasteiger partial charge in [0.15, 0.2) is 0 Å². The maximum Gasteiger partial charge on any atom is 0.0210 e. The van der Waals surface area contributed by atoms with Gasteiger partial charge in [-0.2, -0.15) is 0 Å². The zero-order valence-corrected chi connectivity index (χ0v) is 6.85. The standard InChI is InChI=1S/C8H8Br/c1-2-7-5-3-4-6-8(7)9/h2-6H,1H3. The van der Waals surface area contributed by atoms with Crippen LogP contribution < -0.4 is 0 Å². The van der Waals surface area contributed by atoms with Crippen molar-refractivity contribution in [2.75, 3.05) is 0 Å². The molecule has 0 bridgehead atoms. The quantitative estimate of drug-likeness (QED) is 0.629. The number of benzene rings is 1. The number of halogens is 1. The van der Waals surface area contributed by atoms with E-state index in [0.29, 0.717) is 0 Å². The normalized spacial score (nSPS) is 9.56.